The summed E-state index contributed by atoms with van der Waals surface area (Å²) in [5.74, 6) is -0.207. The van der Waals surface area contributed by atoms with E-state index in [-0.39, 0.29) is 11.9 Å². The van der Waals surface area contributed by atoms with Crippen molar-refractivity contribution >= 4 is 16.8 Å². The number of halogens is 1. The molecule has 1 amide bonds. The highest BCUT2D eigenvalue weighted by molar-refractivity contribution is 5.95. The van der Waals surface area contributed by atoms with Crippen molar-refractivity contribution in [3.8, 4) is 0 Å². The Morgan fingerprint density at radius 2 is 2.00 bits per heavy atom. The van der Waals surface area contributed by atoms with Crippen molar-refractivity contribution < 1.29 is 9.18 Å². The average Bonchev–Trinajstić information content (AvgIpc) is 2.61. The minimum absolute atomic E-state index is 0.0798. The number of alkyl halides is 1. The molecule has 0 aliphatic rings. The molecule has 2 aromatic heterocycles. The molecular formula is C19H18FN3O. The molecule has 0 radical (unpaired) electrons. The van der Waals surface area contributed by atoms with Gasteiger partial charge in [-0.2, -0.15) is 0 Å². The summed E-state index contributed by atoms with van der Waals surface area (Å²) in [6, 6.07) is 14.7. The van der Waals surface area contributed by atoms with E-state index >= 15 is 0 Å². The minimum Gasteiger partial charge on any atom is -0.348 e. The minimum atomic E-state index is -0.569. The van der Waals surface area contributed by atoms with Gasteiger partial charge in [0.2, 0.25) is 0 Å². The number of amides is 1. The Bertz CT molecular complexity index is 849. The van der Waals surface area contributed by atoms with Gasteiger partial charge in [0.1, 0.15) is 12.4 Å². The third-order valence-electron chi connectivity index (χ3n) is 3.77. The number of fused-ring (bicyclic) bond motifs is 1. The van der Waals surface area contributed by atoms with Gasteiger partial charge in [0.15, 0.2) is 0 Å². The molecule has 0 aliphatic carbocycles. The number of pyridine rings is 2. The van der Waals surface area contributed by atoms with Crippen molar-refractivity contribution in [2.45, 2.75) is 26.1 Å². The predicted octanol–water partition coefficient (Wildman–Crippen LogP) is 3.46. The lowest BCUT2D eigenvalue weighted by molar-refractivity contribution is 0.0935. The fourth-order valence-corrected chi connectivity index (χ4v) is 2.55. The zero-order chi connectivity index (χ0) is 16.9. The van der Waals surface area contributed by atoms with E-state index in [2.05, 4.69) is 15.3 Å². The largest absolute Gasteiger partial charge is 0.348 e. The second-order valence-corrected chi connectivity index (χ2v) is 5.76. The molecule has 122 valence electrons. The molecular weight excluding hydrogens is 305 g/mol. The lowest BCUT2D eigenvalue weighted by Gasteiger charge is -2.14. The molecule has 0 saturated heterocycles. The van der Waals surface area contributed by atoms with E-state index in [4.69, 9.17) is 0 Å². The first-order chi connectivity index (χ1) is 11.7. The molecule has 0 bridgehead atoms. The normalized spacial score (nSPS) is 12.1. The summed E-state index contributed by atoms with van der Waals surface area (Å²) in [6.45, 7) is 1.35. The van der Waals surface area contributed by atoms with Crippen molar-refractivity contribution in [1.29, 1.82) is 0 Å². The van der Waals surface area contributed by atoms with Crippen LogP contribution in [0.3, 0.4) is 0 Å². The topological polar surface area (TPSA) is 54.9 Å². The molecule has 1 N–H and O–H groups in total. The highest BCUT2D eigenvalue weighted by Crippen LogP contribution is 2.12. The third-order valence-corrected chi connectivity index (χ3v) is 3.77. The number of hydrogen-bond donors (Lipinski definition) is 1. The maximum Gasteiger partial charge on any atom is 0.270 e. The van der Waals surface area contributed by atoms with Gasteiger partial charge in [0.05, 0.1) is 11.2 Å². The Morgan fingerprint density at radius 1 is 1.17 bits per heavy atom. The van der Waals surface area contributed by atoms with E-state index in [0.717, 1.165) is 16.5 Å². The second kappa shape index (κ2) is 7.17. The Hall–Kier alpha value is -2.82. The molecule has 3 rings (SSSR count). The van der Waals surface area contributed by atoms with Crippen molar-refractivity contribution in [3.05, 3.63) is 71.7 Å². The van der Waals surface area contributed by atoms with Crippen LogP contribution in [0.4, 0.5) is 4.39 Å². The number of carbonyl (C=O) groups excluding carboxylic acids is 1. The summed E-state index contributed by atoms with van der Waals surface area (Å²) in [7, 11) is 0. The lowest BCUT2D eigenvalue weighted by atomic mass is 10.1. The molecule has 3 aromatic rings. The summed E-state index contributed by atoms with van der Waals surface area (Å²) in [4.78, 5) is 20.8. The first-order valence-corrected chi connectivity index (χ1v) is 7.82. The molecule has 24 heavy (non-hydrogen) atoms. The zero-order valence-electron chi connectivity index (χ0n) is 13.4. The quantitative estimate of drug-likeness (QED) is 0.782. The second-order valence-electron chi connectivity index (χ2n) is 5.76. The van der Waals surface area contributed by atoms with Crippen LogP contribution in [0, 0.1) is 0 Å². The summed E-state index contributed by atoms with van der Waals surface area (Å²) in [5, 5.41) is 3.94. The molecule has 0 fully saturated rings. The van der Waals surface area contributed by atoms with E-state index in [1.165, 1.54) is 0 Å². The molecule has 1 atom stereocenters. The van der Waals surface area contributed by atoms with E-state index in [1.54, 1.807) is 18.3 Å². The Labute approximate surface area is 139 Å². The molecule has 5 heteroatoms. The standard InChI is InChI=1S/C19H18FN3O/c1-13(10-14-6-8-16(11-20)21-12-14)22-19(24)18-9-7-15-4-2-3-5-17(15)23-18/h2-9,12-13H,10-11H2,1H3,(H,22,24). The number of rotatable bonds is 5. The number of carbonyl (C=O) groups is 1. The number of para-hydroxylation sites is 1. The first kappa shape index (κ1) is 16.1. The SMILES string of the molecule is CC(Cc1ccc(CF)nc1)NC(=O)c1ccc2ccccc2n1. The number of nitrogens with one attached hydrogen (secondary N) is 1. The highest BCUT2D eigenvalue weighted by atomic mass is 19.1. The number of nitrogens with zero attached hydrogens (tertiary/aromatic N) is 2. The van der Waals surface area contributed by atoms with E-state index in [9.17, 15) is 9.18 Å². The maximum absolute atomic E-state index is 12.5. The maximum atomic E-state index is 12.5. The van der Waals surface area contributed by atoms with Crippen molar-refractivity contribution in [1.82, 2.24) is 15.3 Å². The van der Waals surface area contributed by atoms with E-state index < -0.39 is 6.67 Å². The Kier molecular flexibility index (Phi) is 4.79. The molecule has 1 unspecified atom stereocenters. The van der Waals surface area contributed by atoms with Gasteiger partial charge >= 0.3 is 0 Å². The van der Waals surface area contributed by atoms with Gasteiger partial charge in [0, 0.05) is 17.6 Å². The van der Waals surface area contributed by atoms with E-state index in [1.807, 2.05) is 43.3 Å². The predicted molar refractivity (Wildman–Crippen MR) is 91.4 cm³/mol. The average molecular weight is 323 g/mol. The summed E-state index contributed by atoms with van der Waals surface area (Å²) in [6.07, 6.45) is 2.27. The molecule has 0 aliphatic heterocycles. The van der Waals surface area contributed by atoms with Crippen molar-refractivity contribution in [2.75, 3.05) is 0 Å². The van der Waals surface area contributed by atoms with Gasteiger partial charge in [-0.15, -0.1) is 0 Å². The first-order valence-electron chi connectivity index (χ1n) is 7.82. The summed E-state index contributed by atoms with van der Waals surface area (Å²) >= 11 is 0. The van der Waals surface area contributed by atoms with Crippen LogP contribution in [0.15, 0.2) is 54.7 Å². The van der Waals surface area contributed by atoms with Crippen LogP contribution < -0.4 is 5.32 Å². The third kappa shape index (κ3) is 3.74. The molecule has 0 spiro atoms. The van der Waals surface area contributed by atoms with Crippen LogP contribution in [0.2, 0.25) is 0 Å². The van der Waals surface area contributed by atoms with Gasteiger partial charge in [-0.05, 0) is 37.1 Å². The van der Waals surface area contributed by atoms with Gasteiger partial charge in [-0.3, -0.25) is 9.78 Å². The van der Waals surface area contributed by atoms with Crippen molar-refractivity contribution in [3.63, 3.8) is 0 Å². The van der Waals surface area contributed by atoms with Gasteiger partial charge in [-0.25, -0.2) is 9.37 Å². The summed E-state index contributed by atoms with van der Waals surface area (Å²) in [5.41, 5.74) is 2.55. The van der Waals surface area contributed by atoms with Gasteiger partial charge in [-0.1, -0.05) is 30.3 Å². The number of hydrogen-bond acceptors (Lipinski definition) is 3. The van der Waals surface area contributed by atoms with Gasteiger partial charge < -0.3 is 5.32 Å². The lowest BCUT2D eigenvalue weighted by Crippen LogP contribution is -2.34. The smallest absolute Gasteiger partial charge is 0.270 e. The van der Waals surface area contributed by atoms with Gasteiger partial charge in [0.25, 0.3) is 5.91 Å². The van der Waals surface area contributed by atoms with Crippen LogP contribution in [0.1, 0.15) is 28.7 Å². The highest BCUT2D eigenvalue weighted by Gasteiger charge is 2.12. The van der Waals surface area contributed by atoms with E-state index in [0.29, 0.717) is 17.8 Å². The molecule has 4 nitrogen and oxygen atoms in total. The molecule has 1 aromatic carbocycles. The fraction of sp³-hybridized carbons (Fsp3) is 0.211. The van der Waals surface area contributed by atoms with Crippen molar-refractivity contribution in [2.24, 2.45) is 0 Å². The van der Waals surface area contributed by atoms with Crippen LogP contribution in [-0.2, 0) is 13.1 Å². The molecule has 0 saturated carbocycles. The fourth-order valence-electron chi connectivity index (χ4n) is 2.55. The Morgan fingerprint density at radius 3 is 2.75 bits per heavy atom. The number of benzene rings is 1. The van der Waals surface area contributed by atoms with Crippen LogP contribution in [0.25, 0.3) is 10.9 Å². The Balaban J connectivity index is 1.65. The summed E-state index contributed by atoms with van der Waals surface area (Å²) < 4.78 is 12.5. The van der Waals surface area contributed by atoms with Crippen LogP contribution in [-0.4, -0.2) is 21.9 Å². The van der Waals surface area contributed by atoms with Crippen LogP contribution >= 0.6 is 0 Å². The monoisotopic (exact) mass is 323 g/mol. The molecule has 2 heterocycles. The van der Waals surface area contributed by atoms with Crippen LogP contribution in [0.5, 0.6) is 0 Å². The number of aromatic nitrogens is 2. The zero-order valence-corrected chi connectivity index (χ0v) is 13.4.